The third-order valence-electron chi connectivity index (χ3n) is 3.38. The number of likely N-dealkylation sites (tertiary alicyclic amines) is 1. The van der Waals surface area contributed by atoms with E-state index in [1.165, 1.54) is 12.0 Å². The summed E-state index contributed by atoms with van der Waals surface area (Å²) in [7, 11) is 1.39. The minimum Gasteiger partial charge on any atom is -0.469 e. The van der Waals surface area contributed by atoms with Crippen molar-refractivity contribution in [3.8, 4) is 0 Å². The van der Waals surface area contributed by atoms with Gasteiger partial charge in [0.25, 0.3) is 0 Å². The molecular formula is C11H17N3O4. The van der Waals surface area contributed by atoms with Crippen molar-refractivity contribution in [2.24, 2.45) is 5.92 Å². The predicted molar refractivity (Wildman–Crippen MR) is 61.7 cm³/mol. The summed E-state index contributed by atoms with van der Waals surface area (Å²) in [6, 6.07) is -0.330. The highest BCUT2D eigenvalue weighted by atomic mass is 16.5. The molecule has 2 saturated heterocycles. The smallest absolute Gasteiger partial charge is 0.324 e. The van der Waals surface area contributed by atoms with Gasteiger partial charge in [-0.3, -0.25) is 14.5 Å². The molecule has 1 unspecified atom stereocenters. The van der Waals surface area contributed by atoms with Crippen LogP contribution in [0.25, 0.3) is 0 Å². The molecule has 7 nitrogen and oxygen atoms in total. The van der Waals surface area contributed by atoms with Crippen molar-refractivity contribution in [1.29, 1.82) is 0 Å². The Kier molecular flexibility index (Phi) is 3.81. The van der Waals surface area contributed by atoms with Gasteiger partial charge in [-0.1, -0.05) is 0 Å². The normalized spacial score (nSPS) is 24.5. The number of methoxy groups -OCH3 is 1. The summed E-state index contributed by atoms with van der Waals surface area (Å²) in [5, 5.41) is 2.48. The molecule has 1 N–H and O–H groups in total. The van der Waals surface area contributed by atoms with Gasteiger partial charge >= 0.3 is 12.0 Å². The monoisotopic (exact) mass is 255 g/mol. The molecule has 0 aromatic heterocycles. The van der Waals surface area contributed by atoms with Crippen molar-refractivity contribution in [2.45, 2.75) is 6.42 Å². The van der Waals surface area contributed by atoms with Crippen LogP contribution < -0.4 is 5.32 Å². The van der Waals surface area contributed by atoms with Crippen LogP contribution in [0.3, 0.4) is 0 Å². The molecule has 0 spiro atoms. The highest BCUT2D eigenvalue weighted by Crippen LogP contribution is 2.17. The lowest BCUT2D eigenvalue weighted by Gasteiger charge is -2.19. The molecule has 2 aliphatic rings. The summed E-state index contributed by atoms with van der Waals surface area (Å²) in [6.45, 7) is 2.49. The van der Waals surface area contributed by atoms with E-state index in [-0.39, 0.29) is 30.4 Å². The second-order valence-corrected chi connectivity index (χ2v) is 4.51. The molecule has 0 bridgehead atoms. The van der Waals surface area contributed by atoms with E-state index in [9.17, 15) is 14.4 Å². The lowest BCUT2D eigenvalue weighted by atomic mass is 10.1. The van der Waals surface area contributed by atoms with E-state index in [2.05, 4.69) is 10.2 Å². The number of imide groups is 1. The van der Waals surface area contributed by atoms with Gasteiger partial charge in [0.05, 0.1) is 19.6 Å². The number of rotatable bonds is 4. The molecule has 2 aliphatic heterocycles. The summed E-state index contributed by atoms with van der Waals surface area (Å²) in [5.41, 5.74) is 0. The van der Waals surface area contributed by atoms with Crippen LogP contribution in [-0.2, 0) is 14.3 Å². The Bertz CT molecular complexity index is 355. The molecule has 0 aliphatic carbocycles. The molecule has 1 atom stereocenters. The Labute approximate surface area is 105 Å². The second-order valence-electron chi connectivity index (χ2n) is 4.51. The highest BCUT2D eigenvalue weighted by molar-refractivity contribution is 6.01. The Morgan fingerprint density at radius 3 is 2.83 bits per heavy atom. The van der Waals surface area contributed by atoms with Gasteiger partial charge in [0.1, 0.15) is 0 Å². The number of nitrogens with zero attached hydrogens (tertiary/aromatic N) is 2. The van der Waals surface area contributed by atoms with E-state index in [0.717, 1.165) is 13.0 Å². The van der Waals surface area contributed by atoms with E-state index >= 15 is 0 Å². The fourth-order valence-electron chi connectivity index (χ4n) is 2.32. The molecule has 7 heteroatoms. The topological polar surface area (TPSA) is 79.0 Å². The first-order valence-electron chi connectivity index (χ1n) is 6.00. The Morgan fingerprint density at radius 2 is 2.22 bits per heavy atom. The maximum Gasteiger partial charge on any atom is 0.324 e. The average molecular weight is 255 g/mol. The molecule has 0 radical (unpaired) electrons. The van der Waals surface area contributed by atoms with E-state index in [4.69, 9.17) is 4.74 Å². The van der Waals surface area contributed by atoms with Gasteiger partial charge in [-0.25, -0.2) is 4.79 Å². The van der Waals surface area contributed by atoms with Crippen molar-refractivity contribution >= 4 is 17.9 Å². The van der Waals surface area contributed by atoms with Crippen LogP contribution in [-0.4, -0.2) is 67.5 Å². The molecule has 0 aromatic carbocycles. The van der Waals surface area contributed by atoms with Crippen LogP contribution in [0.5, 0.6) is 0 Å². The number of urea groups is 1. The molecule has 0 aromatic rings. The Balaban J connectivity index is 1.77. The highest BCUT2D eigenvalue weighted by Gasteiger charge is 2.32. The largest absolute Gasteiger partial charge is 0.469 e. The molecule has 0 saturated carbocycles. The molecule has 100 valence electrons. The first-order valence-corrected chi connectivity index (χ1v) is 6.00. The second kappa shape index (κ2) is 5.34. The zero-order valence-electron chi connectivity index (χ0n) is 10.3. The number of esters is 1. The maximum atomic E-state index is 11.4. The Morgan fingerprint density at radius 1 is 1.44 bits per heavy atom. The fourth-order valence-corrected chi connectivity index (χ4v) is 2.32. The van der Waals surface area contributed by atoms with Crippen molar-refractivity contribution in [2.75, 3.05) is 39.8 Å². The summed E-state index contributed by atoms with van der Waals surface area (Å²) >= 11 is 0. The molecule has 18 heavy (non-hydrogen) atoms. The molecule has 3 amide bonds. The van der Waals surface area contributed by atoms with Gasteiger partial charge in [0.2, 0.25) is 5.91 Å². The van der Waals surface area contributed by atoms with Gasteiger partial charge < -0.3 is 15.0 Å². The molecule has 2 heterocycles. The third-order valence-corrected chi connectivity index (χ3v) is 3.38. The number of hydrogen-bond donors (Lipinski definition) is 1. The first kappa shape index (κ1) is 12.8. The van der Waals surface area contributed by atoms with Crippen LogP contribution >= 0.6 is 0 Å². The van der Waals surface area contributed by atoms with Gasteiger partial charge in [-0.05, 0) is 13.0 Å². The number of carbonyl (C=O) groups is 3. The van der Waals surface area contributed by atoms with Crippen LogP contribution in [0.1, 0.15) is 6.42 Å². The van der Waals surface area contributed by atoms with Gasteiger partial charge in [0.15, 0.2) is 0 Å². The molecule has 2 rings (SSSR count). The van der Waals surface area contributed by atoms with Crippen molar-refractivity contribution < 1.29 is 19.1 Å². The van der Waals surface area contributed by atoms with E-state index in [0.29, 0.717) is 19.6 Å². The SMILES string of the molecule is COC(=O)C1CCN(CCN2C(=O)CNC2=O)C1. The number of nitrogens with one attached hydrogen (secondary N) is 1. The molecular weight excluding hydrogens is 238 g/mol. The van der Waals surface area contributed by atoms with Gasteiger partial charge in [-0.15, -0.1) is 0 Å². The van der Waals surface area contributed by atoms with Gasteiger partial charge in [0, 0.05) is 19.6 Å². The summed E-state index contributed by atoms with van der Waals surface area (Å²) in [6.07, 6.45) is 0.771. The molecule has 2 fully saturated rings. The lowest BCUT2D eigenvalue weighted by Crippen LogP contribution is -2.38. The summed E-state index contributed by atoms with van der Waals surface area (Å²) in [4.78, 5) is 37.3. The fraction of sp³-hybridized carbons (Fsp3) is 0.727. The Hall–Kier alpha value is -1.63. The van der Waals surface area contributed by atoms with Crippen LogP contribution in [0.4, 0.5) is 4.79 Å². The summed E-state index contributed by atoms with van der Waals surface area (Å²) < 4.78 is 4.70. The predicted octanol–water partition coefficient (Wildman–Crippen LogP) is -0.967. The van der Waals surface area contributed by atoms with Crippen molar-refractivity contribution in [3.63, 3.8) is 0 Å². The maximum absolute atomic E-state index is 11.4. The summed E-state index contributed by atoms with van der Waals surface area (Å²) in [5.74, 6) is -0.464. The van der Waals surface area contributed by atoms with E-state index < -0.39 is 0 Å². The lowest BCUT2D eigenvalue weighted by molar-refractivity contribution is -0.145. The third kappa shape index (κ3) is 2.61. The van der Waals surface area contributed by atoms with Crippen molar-refractivity contribution in [1.82, 2.24) is 15.1 Å². The average Bonchev–Trinajstić information content (AvgIpc) is 2.95. The van der Waals surface area contributed by atoms with Crippen molar-refractivity contribution in [3.05, 3.63) is 0 Å². The zero-order valence-corrected chi connectivity index (χ0v) is 10.3. The van der Waals surface area contributed by atoms with E-state index in [1.54, 1.807) is 0 Å². The number of hydrogen-bond acceptors (Lipinski definition) is 5. The minimum atomic E-state index is -0.330. The van der Waals surface area contributed by atoms with Crippen LogP contribution in [0.2, 0.25) is 0 Å². The first-order chi connectivity index (χ1) is 8.61. The quantitative estimate of drug-likeness (QED) is 0.516. The minimum absolute atomic E-state index is 0.0851. The van der Waals surface area contributed by atoms with Crippen LogP contribution in [0.15, 0.2) is 0 Å². The van der Waals surface area contributed by atoms with Crippen LogP contribution in [0, 0.1) is 5.92 Å². The van der Waals surface area contributed by atoms with E-state index in [1.807, 2.05) is 0 Å². The number of ether oxygens (including phenoxy) is 1. The number of amides is 3. The number of carbonyl (C=O) groups excluding carboxylic acids is 3. The van der Waals surface area contributed by atoms with Gasteiger partial charge in [-0.2, -0.15) is 0 Å². The standard InChI is InChI=1S/C11H17N3O4/c1-18-10(16)8-2-3-13(7-8)4-5-14-9(15)6-12-11(14)17/h8H,2-7H2,1H3,(H,12,17). The zero-order chi connectivity index (χ0) is 13.1.